The quantitative estimate of drug-likeness (QED) is 0.360. The molecule has 3 nitrogen and oxygen atoms in total. The zero-order chi connectivity index (χ0) is 8.10. The summed E-state index contributed by atoms with van der Waals surface area (Å²) >= 11 is 0. The predicted octanol–water partition coefficient (Wildman–Crippen LogP) is 1.34. The molecule has 0 aliphatic heterocycles. The Balaban J connectivity index is 2.77. The van der Waals surface area contributed by atoms with Crippen molar-refractivity contribution in [3.63, 3.8) is 0 Å². The molecular formula is C8H6NO2. The largest absolute Gasteiger partial charge is 0.365 e. The normalized spacial score (nSPS) is 8.73. The molecule has 55 valence electrons. The van der Waals surface area contributed by atoms with Crippen molar-refractivity contribution in [3.8, 4) is 0 Å². The van der Waals surface area contributed by atoms with E-state index in [-0.39, 0.29) is 0 Å². The number of nitrogens with zero attached hydrogens (tertiary/aromatic N) is 1. The van der Waals surface area contributed by atoms with Gasteiger partial charge in [-0.25, -0.2) is 4.79 Å². The topological polar surface area (TPSA) is 38.7 Å². The van der Waals surface area contributed by atoms with Crippen LogP contribution < -0.4 is 0 Å². The minimum absolute atomic E-state index is 0.432. The monoisotopic (exact) mass is 148 g/mol. The molecule has 1 rings (SSSR count). The van der Waals surface area contributed by atoms with E-state index in [0.29, 0.717) is 5.56 Å². The third-order valence-electron chi connectivity index (χ3n) is 1.15. The first kappa shape index (κ1) is 7.47. The third kappa shape index (κ3) is 1.89. The Bertz CT molecular complexity index is 256. The lowest BCUT2D eigenvalue weighted by Gasteiger charge is -1.94. The fourth-order valence-corrected chi connectivity index (χ4v) is 0.675. The van der Waals surface area contributed by atoms with Crippen molar-refractivity contribution in [2.24, 2.45) is 5.16 Å². The first-order chi connectivity index (χ1) is 5.34. The van der Waals surface area contributed by atoms with E-state index in [1.54, 1.807) is 30.3 Å². The van der Waals surface area contributed by atoms with E-state index in [1.807, 2.05) is 0 Å². The second-order valence-electron chi connectivity index (χ2n) is 1.85. The summed E-state index contributed by atoms with van der Waals surface area (Å²) in [6.07, 6.45) is 0. The summed E-state index contributed by atoms with van der Waals surface area (Å²) in [6, 6.07) is 8.50. The van der Waals surface area contributed by atoms with Crippen molar-refractivity contribution in [1.82, 2.24) is 0 Å². The van der Waals surface area contributed by atoms with Gasteiger partial charge in [0.1, 0.15) is 0 Å². The number of hydrogen-bond donors (Lipinski definition) is 0. The van der Waals surface area contributed by atoms with Crippen molar-refractivity contribution < 1.29 is 9.63 Å². The van der Waals surface area contributed by atoms with Crippen molar-refractivity contribution in [3.05, 3.63) is 35.9 Å². The Morgan fingerprint density at radius 3 is 2.55 bits per heavy atom. The molecule has 1 radical (unpaired) electrons. The number of carbonyl (C=O) groups excluding carboxylic acids is 1. The summed E-state index contributed by atoms with van der Waals surface area (Å²) in [7, 11) is 0. The van der Waals surface area contributed by atoms with Crippen LogP contribution in [-0.2, 0) is 4.84 Å². The summed E-state index contributed by atoms with van der Waals surface area (Å²) in [5, 5.41) is 2.76. The molecule has 0 saturated heterocycles. The Hall–Kier alpha value is -1.64. The van der Waals surface area contributed by atoms with Crippen LogP contribution in [0.25, 0.3) is 0 Å². The average Bonchev–Trinajstić information content (AvgIpc) is 2.07. The smallest absolute Gasteiger partial charge is 0.313 e. The second-order valence-corrected chi connectivity index (χ2v) is 1.85. The van der Waals surface area contributed by atoms with Crippen LogP contribution in [0.1, 0.15) is 10.4 Å². The summed E-state index contributed by atoms with van der Waals surface area (Å²) in [5.41, 5.74) is 0.432. The SMILES string of the molecule is [CH]=NOC(=O)c1ccccc1. The number of hydrogen-bond acceptors (Lipinski definition) is 3. The Morgan fingerprint density at radius 1 is 1.36 bits per heavy atom. The first-order valence-corrected chi connectivity index (χ1v) is 3.01. The fourth-order valence-electron chi connectivity index (χ4n) is 0.675. The lowest BCUT2D eigenvalue weighted by molar-refractivity contribution is 0.0521. The van der Waals surface area contributed by atoms with E-state index in [2.05, 4.69) is 16.7 Å². The average molecular weight is 148 g/mol. The van der Waals surface area contributed by atoms with Gasteiger partial charge >= 0.3 is 5.97 Å². The Morgan fingerprint density at radius 2 is 2.00 bits per heavy atom. The third-order valence-corrected chi connectivity index (χ3v) is 1.15. The van der Waals surface area contributed by atoms with Crippen LogP contribution in [0.5, 0.6) is 0 Å². The fraction of sp³-hybridized carbons (Fsp3) is 0. The molecule has 3 heteroatoms. The highest BCUT2D eigenvalue weighted by Gasteiger charge is 2.03. The van der Waals surface area contributed by atoms with E-state index in [4.69, 9.17) is 0 Å². The Kier molecular flexibility index (Phi) is 2.38. The second kappa shape index (κ2) is 3.51. The van der Waals surface area contributed by atoms with Crippen LogP contribution in [0.3, 0.4) is 0 Å². The summed E-state index contributed by atoms with van der Waals surface area (Å²) in [4.78, 5) is 15.0. The predicted molar refractivity (Wildman–Crippen MR) is 40.3 cm³/mol. The van der Waals surface area contributed by atoms with Gasteiger partial charge in [0.2, 0.25) is 0 Å². The van der Waals surface area contributed by atoms with Gasteiger partial charge in [-0.3, -0.25) is 0 Å². The van der Waals surface area contributed by atoms with Gasteiger partial charge in [0.15, 0.2) is 0 Å². The van der Waals surface area contributed by atoms with Gasteiger partial charge in [-0.2, -0.15) is 0 Å². The van der Waals surface area contributed by atoms with Gasteiger partial charge < -0.3 is 4.84 Å². The number of benzene rings is 1. The minimum atomic E-state index is -0.548. The molecule has 0 heterocycles. The van der Waals surface area contributed by atoms with Crippen LogP contribution >= 0.6 is 0 Å². The van der Waals surface area contributed by atoms with Gasteiger partial charge in [0.05, 0.1) is 12.3 Å². The summed E-state index contributed by atoms with van der Waals surface area (Å²) in [6.45, 7) is 4.65. The van der Waals surface area contributed by atoms with Gasteiger partial charge in [-0.05, 0) is 12.1 Å². The van der Waals surface area contributed by atoms with Crippen molar-refractivity contribution in [1.29, 1.82) is 0 Å². The summed E-state index contributed by atoms with van der Waals surface area (Å²) in [5.74, 6) is -0.548. The molecule has 0 amide bonds. The molecule has 0 aliphatic rings. The van der Waals surface area contributed by atoms with Crippen LogP contribution in [-0.4, -0.2) is 12.7 Å². The molecule has 11 heavy (non-hydrogen) atoms. The Labute approximate surface area is 64.3 Å². The maximum atomic E-state index is 10.8. The van der Waals surface area contributed by atoms with Crippen molar-refractivity contribution in [2.45, 2.75) is 0 Å². The maximum Gasteiger partial charge on any atom is 0.365 e. The van der Waals surface area contributed by atoms with Crippen molar-refractivity contribution >= 4 is 12.7 Å². The van der Waals surface area contributed by atoms with Gasteiger partial charge in [-0.15, -0.1) is 0 Å². The molecule has 0 N–H and O–H groups in total. The molecular weight excluding hydrogens is 142 g/mol. The molecule has 1 aromatic carbocycles. The maximum absolute atomic E-state index is 10.8. The molecule has 0 atom stereocenters. The molecule has 0 aromatic heterocycles. The summed E-state index contributed by atoms with van der Waals surface area (Å²) < 4.78 is 0. The lowest BCUT2D eigenvalue weighted by atomic mass is 10.2. The zero-order valence-corrected chi connectivity index (χ0v) is 5.73. The van der Waals surface area contributed by atoms with E-state index < -0.39 is 5.97 Å². The molecule has 0 aliphatic carbocycles. The van der Waals surface area contributed by atoms with Crippen molar-refractivity contribution in [2.75, 3.05) is 0 Å². The molecule has 0 unspecified atom stereocenters. The molecule has 1 aromatic rings. The van der Waals surface area contributed by atoms with Crippen LogP contribution in [0, 0.1) is 0 Å². The zero-order valence-electron chi connectivity index (χ0n) is 5.73. The minimum Gasteiger partial charge on any atom is -0.313 e. The number of rotatable bonds is 2. The van der Waals surface area contributed by atoms with Gasteiger partial charge in [-0.1, -0.05) is 23.4 Å². The van der Waals surface area contributed by atoms with Gasteiger partial charge in [0, 0.05) is 0 Å². The molecule has 0 spiro atoms. The first-order valence-electron chi connectivity index (χ1n) is 3.01. The highest BCUT2D eigenvalue weighted by molar-refractivity contribution is 5.89. The molecule has 0 fully saturated rings. The van der Waals surface area contributed by atoms with Crippen LogP contribution in [0.4, 0.5) is 0 Å². The van der Waals surface area contributed by atoms with Crippen LogP contribution in [0.2, 0.25) is 0 Å². The highest BCUT2D eigenvalue weighted by Crippen LogP contribution is 2.00. The number of carbonyl (C=O) groups is 1. The molecule has 0 bridgehead atoms. The highest BCUT2D eigenvalue weighted by atomic mass is 16.7. The molecule has 0 saturated carbocycles. The van der Waals surface area contributed by atoms with E-state index in [0.717, 1.165) is 0 Å². The van der Waals surface area contributed by atoms with Crippen LogP contribution in [0.15, 0.2) is 35.5 Å². The lowest BCUT2D eigenvalue weighted by Crippen LogP contribution is -1.98. The van der Waals surface area contributed by atoms with Gasteiger partial charge in [0.25, 0.3) is 0 Å². The standard InChI is InChI=1S/C8H6NO2/c1-9-11-8(10)7-5-3-2-4-6-7/h1-6H. The van der Waals surface area contributed by atoms with E-state index in [9.17, 15) is 4.79 Å². The van der Waals surface area contributed by atoms with E-state index in [1.165, 1.54) is 0 Å². The van der Waals surface area contributed by atoms with E-state index >= 15 is 0 Å².